The van der Waals surface area contributed by atoms with Gasteiger partial charge < -0.3 is 89.1 Å². The molecule has 0 aromatic heterocycles. The summed E-state index contributed by atoms with van der Waals surface area (Å²) in [6.45, 7) is 3.40. The topological polar surface area (TPSA) is 374 Å². The van der Waals surface area contributed by atoms with E-state index in [-0.39, 0.29) is 12.8 Å². The van der Waals surface area contributed by atoms with Crippen molar-refractivity contribution in [3.05, 3.63) is 24.3 Å². The third kappa shape index (κ3) is 40.3. The van der Waals surface area contributed by atoms with Crippen LogP contribution < -0.4 is 0 Å². The Labute approximate surface area is 605 Å². The second-order valence-corrected chi connectivity index (χ2v) is 29.9. The number of hydrogen-bond donors (Lipinski definition) is 11. The Balaban J connectivity index is 1.72. The van der Waals surface area contributed by atoms with Gasteiger partial charge in [0.25, 0.3) is 0 Å². The summed E-state index contributed by atoms with van der Waals surface area (Å²) in [4.78, 5) is 51.0. The summed E-state index contributed by atoms with van der Waals surface area (Å²) in [6, 6.07) is 0. The fraction of sp³-hybridized carbons (Fsp3) is 0.908. The molecule has 0 aromatic carbocycles. The summed E-state index contributed by atoms with van der Waals surface area (Å²) in [7, 11) is -5.70. The molecule has 2 aliphatic heterocycles. The zero-order valence-corrected chi connectivity index (χ0v) is 62.8. The normalized spacial score (nSPS) is 27.3. The molecule has 25 heteroatoms. The van der Waals surface area contributed by atoms with Crippen LogP contribution in [0.15, 0.2) is 24.3 Å². The largest absolute Gasteiger partial charge is 0.472 e. The van der Waals surface area contributed by atoms with E-state index in [1.165, 1.54) is 186 Å². The number of hydrogen-bond acceptors (Lipinski definition) is 23. The maximum atomic E-state index is 14.4. The summed E-state index contributed by atoms with van der Waals surface area (Å²) in [5, 5.41) is 110. The minimum absolute atomic E-state index is 0.0382. The van der Waals surface area contributed by atoms with Crippen LogP contribution in [0.3, 0.4) is 0 Å². The van der Waals surface area contributed by atoms with E-state index in [2.05, 4.69) is 20.8 Å². The van der Waals surface area contributed by atoms with Gasteiger partial charge in [0, 0.05) is 18.9 Å². The number of unbranched alkanes of at least 4 members (excludes halogenated alkanes) is 40. The zero-order valence-electron chi connectivity index (χ0n) is 61.9. The molecule has 0 amide bonds. The van der Waals surface area contributed by atoms with Crippen LogP contribution in [0.2, 0.25) is 0 Å². The summed E-state index contributed by atoms with van der Waals surface area (Å²) in [6.07, 6.45) is 20.0. The molecule has 11 N–H and O–H groups in total. The Morgan fingerprint density at radius 1 is 0.406 bits per heavy atom. The van der Waals surface area contributed by atoms with Crippen LogP contribution in [0.1, 0.15) is 310 Å². The van der Waals surface area contributed by atoms with Crippen molar-refractivity contribution in [3.63, 3.8) is 0 Å². The Morgan fingerprint density at radius 2 is 0.762 bits per heavy atom. The van der Waals surface area contributed by atoms with Gasteiger partial charge in [0.2, 0.25) is 0 Å². The molecule has 3 rings (SSSR count). The van der Waals surface area contributed by atoms with Crippen molar-refractivity contribution in [3.8, 4) is 0 Å². The Bertz CT molecular complexity index is 2180. The van der Waals surface area contributed by atoms with Gasteiger partial charge in [-0.05, 0) is 25.7 Å². The zero-order chi connectivity index (χ0) is 73.9. The van der Waals surface area contributed by atoms with Crippen molar-refractivity contribution in [1.82, 2.24) is 0 Å². The number of allylic oxidation sites excluding steroid dienone is 3. The van der Waals surface area contributed by atoms with Gasteiger partial charge in [-0.15, -0.1) is 0 Å². The molecule has 1 aliphatic carbocycles. The van der Waals surface area contributed by atoms with E-state index in [1.54, 1.807) is 6.08 Å². The lowest BCUT2D eigenvalue weighted by molar-refractivity contribution is -0.360. The first-order chi connectivity index (χ1) is 48.8. The average molecular weight is 1470 g/mol. The number of aliphatic hydroxyl groups is 10. The van der Waals surface area contributed by atoms with E-state index in [9.17, 15) is 74.9 Å². The van der Waals surface area contributed by atoms with Gasteiger partial charge in [0.05, 0.1) is 13.2 Å². The fourth-order valence-electron chi connectivity index (χ4n) is 13.1. The molecule has 2 saturated heterocycles. The van der Waals surface area contributed by atoms with Crippen molar-refractivity contribution in [2.45, 2.75) is 414 Å². The predicted molar refractivity (Wildman–Crippen MR) is 384 cm³/mol. The van der Waals surface area contributed by atoms with E-state index < -0.39 is 156 Å². The maximum absolute atomic E-state index is 14.4. The number of carbonyl (C=O) groups is 3. The van der Waals surface area contributed by atoms with E-state index >= 15 is 0 Å². The molecule has 592 valence electrons. The van der Waals surface area contributed by atoms with E-state index in [1.807, 2.05) is 6.08 Å². The monoisotopic (exact) mass is 1470 g/mol. The van der Waals surface area contributed by atoms with Crippen molar-refractivity contribution in [2.75, 3.05) is 26.4 Å². The quantitative estimate of drug-likeness (QED) is 0.00673. The standard InChI is InChI=1S/C76H139O24P/c1-4-7-10-13-16-19-22-25-28-29-31-34-35-38-41-44-47-50-60(78)92-54-57(95-62(80)52-49-46-43-40-37-32-27-24-21-18-15-12-9-6-3)55-94-101(90,91)100-74-72(98-75-70(88)65(83)63(81)58(53-77)96-75)68(86)67(85)69(87)73(74)99-76-71(89)66(84)64(82)59(97-76)56-93-61(79)51-48-45-42-39-36-33-30-26-23-20-17-14-11-8-5-2/h42,45,48,51,57-59,63-77,81-89H,4-41,43-44,46-47,49-50,52-56H2,1-3H3,(H,90,91)/b45-42+,51-48+. The van der Waals surface area contributed by atoms with Gasteiger partial charge in [-0.2, -0.15) is 0 Å². The summed E-state index contributed by atoms with van der Waals surface area (Å²) in [5.74, 6) is -2.21. The number of aliphatic hydroxyl groups excluding tert-OH is 10. The summed E-state index contributed by atoms with van der Waals surface area (Å²) >= 11 is 0. The second-order valence-electron chi connectivity index (χ2n) is 28.5. The number of carbonyl (C=O) groups excluding carboxylic acids is 3. The van der Waals surface area contributed by atoms with E-state index in [4.69, 9.17) is 42.2 Å². The van der Waals surface area contributed by atoms with Gasteiger partial charge in [-0.1, -0.05) is 289 Å². The van der Waals surface area contributed by atoms with Crippen LogP contribution >= 0.6 is 7.82 Å². The Morgan fingerprint density at radius 3 is 1.17 bits per heavy atom. The first-order valence-electron chi connectivity index (χ1n) is 39.7. The first kappa shape index (κ1) is 92.6. The third-order valence-electron chi connectivity index (χ3n) is 19.6. The summed E-state index contributed by atoms with van der Waals surface area (Å²) in [5.41, 5.74) is 0. The molecule has 3 fully saturated rings. The number of phosphoric acid groups is 1. The molecule has 24 nitrogen and oxygen atoms in total. The minimum Gasteiger partial charge on any atom is -0.462 e. The average Bonchev–Trinajstić information content (AvgIpc) is 0.760. The number of esters is 3. The highest BCUT2D eigenvalue weighted by Crippen LogP contribution is 2.49. The molecular formula is C76H139O24P. The lowest BCUT2D eigenvalue weighted by atomic mass is 9.84. The number of phosphoric ester groups is 1. The smallest absolute Gasteiger partial charge is 0.462 e. The van der Waals surface area contributed by atoms with Gasteiger partial charge >= 0.3 is 25.7 Å². The number of rotatable bonds is 62. The lowest BCUT2D eigenvalue weighted by Gasteiger charge is -2.49. The molecular weight excluding hydrogens is 1330 g/mol. The van der Waals surface area contributed by atoms with Gasteiger partial charge in [0.1, 0.15) is 98.7 Å². The molecule has 18 atom stereocenters. The van der Waals surface area contributed by atoms with E-state index in [0.717, 1.165) is 89.5 Å². The molecule has 101 heavy (non-hydrogen) atoms. The van der Waals surface area contributed by atoms with Crippen LogP contribution in [-0.2, 0) is 61.2 Å². The Kier molecular flexibility index (Phi) is 52.8. The molecule has 18 unspecified atom stereocenters. The van der Waals surface area contributed by atoms with Crippen molar-refractivity contribution in [2.24, 2.45) is 0 Å². The van der Waals surface area contributed by atoms with Gasteiger partial charge in [0.15, 0.2) is 18.7 Å². The van der Waals surface area contributed by atoms with Crippen LogP contribution in [-0.4, -0.2) is 204 Å². The van der Waals surface area contributed by atoms with Crippen molar-refractivity contribution in [1.29, 1.82) is 0 Å². The highest BCUT2D eigenvalue weighted by Gasteiger charge is 2.58. The molecule has 2 heterocycles. The second kappa shape index (κ2) is 57.6. The lowest BCUT2D eigenvalue weighted by Crippen LogP contribution is -2.69. The van der Waals surface area contributed by atoms with Crippen molar-refractivity contribution < 1.29 is 117 Å². The molecule has 0 aromatic rings. The predicted octanol–water partition coefficient (Wildman–Crippen LogP) is 11.7. The van der Waals surface area contributed by atoms with Crippen LogP contribution in [0, 0.1) is 0 Å². The fourth-order valence-corrected chi connectivity index (χ4v) is 14.1. The first-order valence-corrected chi connectivity index (χ1v) is 41.2. The number of ether oxygens (including phenoxy) is 7. The van der Waals surface area contributed by atoms with Gasteiger partial charge in [-0.25, -0.2) is 9.36 Å². The third-order valence-corrected chi connectivity index (χ3v) is 20.6. The molecule has 3 aliphatic rings. The highest BCUT2D eigenvalue weighted by molar-refractivity contribution is 7.47. The Hall–Kier alpha value is -2.56. The molecule has 0 spiro atoms. The molecule has 0 bridgehead atoms. The molecule has 0 radical (unpaired) electrons. The van der Waals surface area contributed by atoms with Crippen LogP contribution in [0.4, 0.5) is 0 Å². The van der Waals surface area contributed by atoms with E-state index in [0.29, 0.717) is 12.8 Å². The minimum atomic E-state index is -5.70. The summed E-state index contributed by atoms with van der Waals surface area (Å²) < 4.78 is 64.9. The van der Waals surface area contributed by atoms with Gasteiger partial charge in [-0.3, -0.25) is 18.6 Å². The maximum Gasteiger partial charge on any atom is 0.472 e. The molecule has 1 saturated carbocycles. The van der Waals surface area contributed by atoms with Crippen LogP contribution in [0.25, 0.3) is 0 Å². The van der Waals surface area contributed by atoms with Crippen LogP contribution in [0.5, 0.6) is 0 Å². The highest BCUT2D eigenvalue weighted by atomic mass is 31.2. The SMILES string of the molecule is CCCCCCCCCCCCC/C=C/C=C/C(=O)OCC1OC(OC2C(O)C(O)C(O)C(OC3OC(CO)C(O)C(O)C3O)C2OP(=O)(O)OCC(COC(=O)CCCCCCCCCCCCCCCCCCC)OC(=O)CCCCCCCCCCCCCCCC)C(O)C(O)C1O. The van der Waals surface area contributed by atoms with Crippen molar-refractivity contribution >= 4 is 25.7 Å².